The van der Waals surface area contributed by atoms with Crippen LogP contribution < -0.4 is 0 Å². The number of aryl methyl sites for hydroxylation is 2. The summed E-state index contributed by atoms with van der Waals surface area (Å²) in [6, 6.07) is 0.349. The second-order valence-electron chi connectivity index (χ2n) is 5.55. The molecule has 0 aromatic carbocycles. The van der Waals surface area contributed by atoms with Crippen molar-refractivity contribution in [1.29, 1.82) is 0 Å². The summed E-state index contributed by atoms with van der Waals surface area (Å²) < 4.78 is 2.19. The van der Waals surface area contributed by atoms with Crippen molar-refractivity contribution in [3.63, 3.8) is 0 Å². The first-order valence-corrected chi connectivity index (χ1v) is 8.19. The minimum Gasteiger partial charge on any atom is -0.340 e. The summed E-state index contributed by atoms with van der Waals surface area (Å²) in [4.78, 5) is 23.1. The molecule has 2 aromatic rings. The summed E-state index contributed by atoms with van der Waals surface area (Å²) in [5.74, 6) is 1.20. The Morgan fingerprint density at radius 3 is 3.00 bits per heavy atom. The fourth-order valence-corrected chi connectivity index (χ4v) is 3.55. The molecule has 1 fully saturated rings. The fraction of sp³-hybridized carbons (Fsp3) is 0.533. The Morgan fingerprint density at radius 2 is 2.33 bits per heavy atom. The van der Waals surface area contributed by atoms with Gasteiger partial charge in [-0.3, -0.25) is 4.79 Å². The first kappa shape index (κ1) is 14.3. The van der Waals surface area contributed by atoms with Crippen molar-refractivity contribution in [2.75, 3.05) is 13.1 Å². The van der Waals surface area contributed by atoms with Crippen LogP contribution in [0.2, 0.25) is 0 Å². The number of hydrogen-bond acceptors (Lipinski definition) is 4. The summed E-state index contributed by atoms with van der Waals surface area (Å²) in [6.07, 6.45) is 6.41. The minimum absolute atomic E-state index is 0.183. The van der Waals surface area contributed by atoms with Gasteiger partial charge in [-0.05, 0) is 26.7 Å². The lowest BCUT2D eigenvalue weighted by molar-refractivity contribution is -0.132. The van der Waals surface area contributed by atoms with E-state index >= 15 is 0 Å². The number of carbonyl (C=O) groups is 1. The van der Waals surface area contributed by atoms with E-state index in [1.54, 1.807) is 11.3 Å². The first-order chi connectivity index (χ1) is 10.1. The molecular formula is C15H20N4OS. The number of rotatable bonds is 3. The fourth-order valence-electron chi connectivity index (χ4n) is 2.94. The second-order valence-corrected chi connectivity index (χ2v) is 6.61. The predicted molar refractivity (Wildman–Crippen MR) is 82.4 cm³/mol. The van der Waals surface area contributed by atoms with Gasteiger partial charge in [0.05, 0.1) is 23.2 Å². The van der Waals surface area contributed by atoms with Gasteiger partial charge < -0.3 is 9.47 Å². The molecule has 0 radical (unpaired) electrons. The molecule has 0 bridgehead atoms. The molecule has 0 spiro atoms. The number of likely N-dealkylation sites (tertiary alicyclic amines) is 1. The van der Waals surface area contributed by atoms with Gasteiger partial charge in [0.2, 0.25) is 5.91 Å². The highest BCUT2D eigenvalue weighted by atomic mass is 32.1. The molecule has 5 nitrogen and oxygen atoms in total. The van der Waals surface area contributed by atoms with Crippen LogP contribution in [0.5, 0.6) is 0 Å². The molecule has 1 aliphatic rings. The zero-order valence-corrected chi connectivity index (χ0v) is 13.3. The van der Waals surface area contributed by atoms with E-state index in [4.69, 9.17) is 0 Å². The van der Waals surface area contributed by atoms with E-state index in [9.17, 15) is 4.79 Å². The molecule has 1 saturated heterocycles. The molecule has 0 saturated carbocycles. The van der Waals surface area contributed by atoms with E-state index in [0.717, 1.165) is 42.5 Å². The molecule has 6 heteroatoms. The second kappa shape index (κ2) is 5.97. The Kier molecular flexibility index (Phi) is 4.05. The van der Waals surface area contributed by atoms with Gasteiger partial charge in [0, 0.05) is 30.9 Å². The van der Waals surface area contributed by atoms with Gasteiger partial charge in [-0.1, -0.05) is 0 Å². The lowest BCUT2D eigenvalue weighted by atomic mass is 10.0. The van der Waals surface area contributed by atoms with E-state index < -0.39 is 0 Å². The van der Waals surface area contributed by atoms with Crippen LogP contribution in [-0.2, 0) is 11.2 Å². The van der Waals surface area contributed by atoms with Crippen LogP contribution in [-0.4, -0.2) is 38.4 Å². The van der Waals surface area contributed by atoms with Crippen LogP contribution in [0, 0.1) is 13.8 Å². The molecular weight excluding hydrogens is 284 g/mol. The van der Waals surface area contributed by atoms with Crippen molar-refractivity contribution in [1.82, 2.24) is 19.4 Å². The molecule has 0 unspecified atom stereocenters. The summed E-state index contributed by atoms with van der Waals surface area (Å²) in [7, 11) is 0. The van der Waals surface area contributed by atoms with E-state index in [-0.39, 0.29) is 5.91 Å². The van der Waals surface area contributed by atoms with E-state index in [0.29, 0.717) is 12.5 Å². The van der Waals surface area contributed by atoms with Gasteiger partial charge in [-0.2, -0.15) is 0 Å². The monoisotopic (exact) mass is 304 g/mol. The maximum absolute atomic E-state index is 12.4. The zero-order chi connectivity index (χ0) is 14.8. The maximum atomic E-state index is 12.4. The third-order valence-corrected chi connectivity index (χ3v) is 4.83. The Bertz CT molecular complexity index is 633. The largest absolute Gasteiger partial charge is 0.340 e. The number of piperidine rings is 1. The molecule has 1 aliphatic heterocycles. The molecule has 1 amide bonds. The van der Waals surface area contributed by atoms with Gasteiger partial charge in [-0.25, -0.2) is 9.97 Å². The third kappa shape index (κ3) is 3.15. The van der Waals surface area contributed by atoms with Crippen LogP contribution in [0.25, 0.3) is 0 Å². The number of thiazole rings is 1. The average molecular weight is 304 g/mol. The molecule has 0 aliphatic carbocycles. The van der Waals surface area contributed by atoms with Gasteiger partial charge in [-0.15, -0.1) is 11.3 Å². The molecule has 2 aromatic heterocycles. The van der Waals surface area contributed by atoms with Crippen molar-refractivity contribution in [2.45, 2.75) is 39.2 Å². The van der Waals surface area contributed by atoms with E-state index in [1.807, 2.05) is 36.5 Å². The molecule has 3 heterocycles. The van der Waals surface area contributed by atoms with E-state index in [1.165, 1.54) is 0 Å². The Labute approximate surface area is 128 Å². The molecule has 112 valence electrons. The topological polar surface area (TPSA) is 51.0 Å². The van der Waals surface area contributed by atoms with Gasteiger partial charge in [0.25, 0.3) is 0 Å². The van der Waals surface area contributed by atoms with Crippen molar-refractivity contribution < 1.29 is 4.79 Å². The minimum atomic E-state index is 0.183. The predicted octanol–water partition coefficient (Wildman–Crippen LogP) is 2.36. The third-order valence-electron chi connectivity index (χ3n) is 4.00. The van der Waals surface area contributed by atoms with Gasteiger partial charge in [0.1, 0.15) is 5.82 Å². The van der Waals surface area contributed by atoms with Crippen molar-refractivity contribution in [3.05, 3.63) is 34.3 Å². The van der Waals surface area contributed by atoms with Gasteiger partial charge >= 0.3 is 0 Å². The molecule has 1 atom stereocenters. The normalized spacial score (nSPS) is 19.0. The quantitative estimate of drug-likeness (QED) is 0.874. The SMILES string of the molecule is Cc1nc(CC(=O)N2CCC[C@@H](n3ccnc3C)C2)cs1. The standard InChI is InChI=1S/C15H20N4OS/c1-11-16-5-7-19(11)14-4-3-6-18(9-14)15(20)8-13-10-21-12(2)17-13/h5,7,10,14H,3-4,6,8-9H2,1-2H3/t14-/m1/s1. The Balaban J connectivity index is 1.65. The number of amides is 1. The number of carbonyl (C=O) groups excluding carboxylic acids is 1. The molecule has 0 N–H and O–H groups in total. The van der Waals surface area contributed by atoms with Crippen molar-refractivity contribution in [2.24, 2.45) is 0 Å². The summed E-state index contributed by atoms with van der Waals surface area (Å²) in [5, 5.41) is 3.00. The van der Waals surface area contributed by atoms with E-state index in [2.05, 4.69) is 14.5 Å². The van der Waals surface area contributed by atoms with Crippen LogP contribution in [0.4, 0.5) is 0 Å². The first-order valence-electron chi connectivity index (χ1n) is 7.31. The molecule has 21 heavy (non-hydrogen) atoms. The Hall–Kier alpha value is -1.69. The number of imidazole rings is 1. The number of nitrogens with zero attached hydrogens (tertiary/aromatic N) is 4. The molecule has 3 rings (SSSR count). The number of aromatic nitrogens is 3. The lowest BCUT2D eigenvalue weighted by Gasteiger charge is -2.34. The van der Waals surface area contributed by atoms with Crippen molar-refractivity contribution >= 4 is 17.2 Å². The van der Waals surface area contributed by atoms with Crippen LogP contribution in [0.15, 0.2) is 17.8 Å². The van der Waals surface area contributed by atoms with Crippen molar-refractivity contribution in [3.8, 4) is 0 Å². The highest BCUT2D eigenvalue weighted by Gasteiger charge is 2.25. The maximum Gasteiger partial charge on any atom is 0.228 e. The smallest absolute Gasteiger partial charge is 0.228 e. The summed E-state index contributed by atoms with van der Waals surface area (Å²) in [6.45, 7) is 5.61. The highest BCUT2D eigenvalue weighted by molar-refractivity contribution is 7.09. The summed E-state index contributed by atoms with van der Waals surface area (Å²) >= 11 is 1.60. The Morgan fingerprint density at radius 1 is 1.48 bits per heavy atom. The number of hydrogen-bond donors (Lipinski definition) is 0. The highest BCUT2D eigenvalue weighted by Crippen LogP contribution is 2.23. The lowest BCUT2D eigenvalue weighted by Crippen LogP contribution is -2.41. The van der Waals surface area contributed by atoms with Gasteiger partial charge in [0.15, 0.2) is 0 Å². The van der Waals surface area contributed by atoms with Crippen LogP contribution >= 0.6 is 11.3 Å². The zero-order valence-electron chi connectivity index (χ0n) is 12.5. The summed E-state index contributed by atoms with van der Waals surface area (Å²) in [5.41, 5.74) is 0.892. The van der Waals surface area contributed by atoms with Crippen LogP contribution in [0.3, 0.4) is 0 Å². The average Bonchev–Trinajstić information content (AvgIpc) is 3.07. The van der Waals surface area contributed by atoms with Crippen LogP contribution in [0.1, 0.15) is 35.4 Å².